The number of benzene rings is 1. The van der Waals surface area contributed by atoms with Gasteiger partial charge in [0.25, 0.3) is 0 Å². The normalized spacial score (nSPS) is 26.4. The summed E-state index contributed by atoms with van der Waals surface area (Å²) in [6.45, 7) is 1.36. The second-order valence-electron chi connectivity index (χ2n) is 5.06. The van der Waals surface area contributed by atoms with Crippen molar-refractivity contribution in [3.8, 4) is 0 Å². The topological polar surface area (TPSA) is 33.6 Å². The lowest BCUT2D eigenvalue weighted by Crippen LogP contribution is -2.30. The highest BCUT2D eigenvalue weighted by Crippen LogP contribution is 2.31. The summed E-state index contributed by atoms with van der Waals surface area (Å²) in [4.78, 5) is 4.48. The van der Waals surface area contributed by atoms with Crippen LogP contribution in [0.4, 0.5) is 13.2 Å². The minimum atomic E-state index is -4.30. The number of hydrogen-bond donors (Lipinski definition) is 1. The van der Waals surface area contributed by atoms with Crippen LogP contribution in [0.15, 0.2) is 29.3 Å². The van der Waals surface area contributed by atoms with Crippen LogP contribution >= 0.6 is 0 Å². The van der Waals surface area contributed by atoms with Gasteiger partial charge in [-0.25, -0.2) is 4.99 Å². The number of hydrogen-bond acceptors (Lipinski definition) is 3. The third kappa shape index (κ3) is 2.65. The highest BCUT2D eigenvalue weighted by Gasteiger charge is 2.31. The van der Waals surface area contributed by atoms with Crippen LogP contribution < -0.4 is 5.32 Å². The zero-order chi connectivity index (χ0) is 14.2. The molecule has 1 aromatic carbocycles. The van der Waals surface area contributed by atoms with Crippen molar-refractivity contribution in [1.29, 1.82) is 0 Å². The molecule has 6 heteroatoms. The molecule has 0 spiro atoms. The SMILES string of the molecule is FC(F)(F)c1ccc(C2COC(C3CCCN3)=N2)cc1. The quantitative estimate of drug-likeness (QED) is 0.906. The molecule has 0 aliphatic carbocycles. The zero-order valence-corrected chi connectivity index (χ0v) is 10.8. The maximum Gasteiger partial charge on any atom is 0.416 e. The van der Waals surface area contributed by atoms with Gasteiger partial charge >= 0.3 is 6.18 Å². The molecule has 2 aliphatic heterocycles. The molecule has 108 valence electrons. The highest BCUT2D eigenvalue weighted by atomic mass is 19.4. The second kappa shape index (κ2) is 5.09. The number of nitrogens with one attached hydrogen (secondary N) is 1. The summed E-state index contributed by atoms with van der Waals surface area (Å²) in [7, 11) is 0. The molecular formula is C14H15F3N2O. The van der Waals surface area contributed by atoms with E-state index in [2.05, 4.69) is 10.3 Å². The van der Waals surface area contributed by atoms with E-state index in [4.69, 9.17) is 4.74 Å². The molecule has 2 aliphatic rings. The Balaban J connectivity index is 1.74. The lowest BCUT2D eigenvalue weighted by atomic mass is 10.1. The lowest BCUT2D eigenvalue weighted by molar-refractivity contribution is -0.137. The summed E-state index contributed by atoms with van der Waals surface area (Å²) >= 11 is 0. The Bertz CT molecular complexity index is 504. The smallest absolute Gasteiger partial charge is 0.416 e. The van der Waals surface area contributed by atoms with Crippen molar-refractivity contribution in [3.63, 3.8) is 0 Å². The first-order chi connectivity index (χ1) is 9.54. The fourth-order valence-electron chi connectivity index (χ4n) is 2.54. The molecule has 1 saturated heterocycles. The van der Waals surface area contributed by atoms with E-state index in [1.165, 1.54) is 12.1 Å². The second-order valence-corrected chi connectivity index (χ2v) is 5.06. The molecule has 1 aromatic rings. The molecule has 0 radical (unpaired) electrons. The van der Waals surface area contributed by atoms with Crippen LogP contribution in [0.5, 0.6) is 0 Å². The summed E-state index contributed by atoms with van der Waals surface area (Å²) in [5.41, 5.74) is 0.118. The molecule has 3 rings (SSSR count). The van der Waals surface area contributed by atoms with E-state index in [0.29, 0.717) is 12.5 Å². The molecule has 0 bridgehead atoms. The Hall–Kier alpha value is -1.56. The molecule has 3 nitrogen and oxygen atoms in total. The number of ether oxygens (including phenoxy) is 1. The van der Waals surface area contributed by atoms with Gasteiger partial charge in [0.05, 0.1) is 11.6 Å². The van der Waals surface area contributed by atoms with Crippen molar-refractivity contribution in [2.24, 2.45) is 4.99 Å². The zero-order valence-electron chi connectivity index (χ0n) is 10.8. The fraction of sp³-hybridized carbons (Fsp3) is 0.500. The monoisotopic (exact) mass is 284 g/mol. The molecule has 0 amide bonds. The van der Waals surface area contributed by atoms with E-state index in [9.17, 15) is 13.2 Å². The van der Waals surface area contributed by atoms with Gasteiger partial charge in [0, 0.05) is 0 Å². The predicted octanol–water partition coefficient (Wildman–Crippen LogP) is 2.93. The van der Waals surface area contributed by atoms with Crippen LogP contribution in [0, 0.1) is 0 Å². The minimum Gasteiger partial charge on any atom is -0.477 e. The number of rotatable bonds is 2. The average molecular weight is 284 g/mol. The predicted molar refractivity (Wildman–Crippen MR) is 68.6 cm³/mol. The van der Waals surface area contributed by atoms with Crippen LogP contribution in [0.2, 0.25) is 0 Å². The third-order valence-electron chi connectivity index (χ3n) is 3.65. The highest BCUT2D eigenvalue weighted by molar-refractivity contribution is 5.83. The van der Waals surface area contributed by atoms with Gasteiger partial charge in [-0.3, -0.25) is 0 Å². The molecule has 2 atom stereocenters. The first kappa shape index (κ1) is 13.4. The Kier molecular flexibility index (Phi) is 3.41. The molecule has 2 heterocycles. The molecular weight excluding hydrogens is 269 g/mol. The van der Waals surface area contributed by atoms with Crippen LogP contribution in [0.3, 0.4) is 0 Å². The van der Waals surface area contributed by atoms with Crippen LogP contribution in [-0.2, 0) is 10.9 Å². The van der Waals surface area contributed by atoms with Gasteiger partial charge in [-0.15, -0.1) is 0 Å². The van der Waals surface area contributed by atoms with Gasteiger partial charge in [0.1, 0.15) is 12.6 Å². The average Bonchev–Trinajstić information content (AvgIpc) is 3.09. The van der Waals surface area contributed by atoms with Crippen molar-refractivity contribution < 1.29 is 17.9 Å². The maximum atomic E-state index is 12.5. The fourth-order valence-corrected chi connectivity index (χ4v) is 2.54. The number of halogens is 3. The maximum absolute atomic E-state index is 12.5. The van der Waals surface area contributed by atoms with Gasteiger partial charge < -0.3 is 10.1 Å². The van der Waals surface area contributed by atoms with Crippen LogP contribution in [0.1, 0.15) is 30.0 Å². The Morgan fingerprint density at radius 2 is 1.95 bits per heavy atom. The van der Waals surface area contributed by atoms with Crippen molar-refractivity contribution in [3.05, 3.63) is 35.4 Å². The van der Waals surface area contributed by atoms with E-state index in [1.807, 2.05) is 0 Å². The van der Waals surface area contributed by atoms with Gasteiger partial charge in [-0.05, 0) is 37.1 Å². The summed E-state index contributed by atoms with van der Waals surface area (Å²) in [5.74, 6) is 0.687. The van der Waals surface area contributed by atoms with E-state index in [1.54, 1.807) is 0 Å². The molecule has 1 fully saturated rings. The van der Waals surface area contributed by atoms with Gasteiger partial charge in [-0.2, -0.15) is 13.2 Å². The van der Waals surface area contributed by atoms with Crippen molar-refractivity contribution in [2.45, 2.75) is 31.1 Å². The van der Waals surface area contributed by atoms with Crippen LogP contribution in [0.25, 0.3) is 0 Å². The van der Waals surface area contributed by atoms with Gasteiger partial charge in [0.2, 0.25) is 5.90 Å². The third-order valence-corrected chi connectivity index (χ3v) is 3.65. The number of aliphatic imine (C=N–C) groups is 1. The van der Waals surface area contributed by atoms with Gasteiger partial charge in [0.15, 0.2) is 0 Å². The lowest BCUT2D eigenvalue weighted by Gasteiger charge is -2.09. The van der Waals surface area contributed by atoms with Crippen molar-refractivity contribution >= 4 is 5.90 Å². The van der Waals surface area contributed by atoms with E-state index in [-0.39, 0.29) is 12.1 Å². The first-order valence-corrected chi connectivity index (χ1v) is 6.65. The van der Waals surface area contributed by atoms with E-state index in [0.717, 1.165) is 37.1 Å². The van der Waals surface area contributed by atoms with E-state index < -0.39 is 11.7 Å². The van der Waals surface area contributed by atoms with Crippen molar-refractivity contribution in [2.75, 3.05) is 13.2 Å². The van der Waals surface area contributed by atoms with Crippen molar-refractivity contribution in [1.82, 2.24) is 5.32 Å². The molecule has 20 heavy (non-hydrogen) atoms. The first-order valence-electron chi connectivity index (χ1n) is 6.65. The number of alkyl halides is 3. The summed E-state index contributed by atoms with van der Waals surface area (Å²) in [6, 6.07) is 5.11. The number of nitrogens with zero attached hydrogens (tertiary/aromatic N) is 1. The van der Waals surface area contributed by atoms with E-state index >= 15 is 0 Å². The molecule has 2 unspecified atom stereocenters. The Morgan fingerprint density at radius 3 is 2.55 bits per heavy atom. The molecule has 1 N–H and O–H groups in total. The summed E-state index contributed by atoms with van der Waals surface area (Å²) < 4.78 is 43.1. The summed E-state index contributed by atoms with van der Waals surface area (Å²) in [5, 5.41) is 3.30. The van der Waals surface area contributed by atoms with Gasteiger partial charge in [-0.1, -0.05) is 12.1 Å². The summed E-state index contributed by atoms with van der Waals surface area (Å²) in [6.07, 6.45) is -2.20. The minimum absolute atomic E-state index is 0.162. The molecule has 0 aromatic heterocycles. The largest absolute Gasteiger partial charge is 0.477 e. The Labute approximate surface area is 114 Å². The standard InChI is InChI=1S/C14H15F3N2O/c15-14(16,17)10-5-3-9(4-6-10)12-8-20-13(19-12)11-2-1-7-18-11/h3-6,11-12,18H,1-2,7-8H2. The molecule has 0 saturated carbocycles. The Morgan fingerprint density at radius 1 is 1.20 bits per heavy atom. The van der Waals surface area contributed by atoms with Crippen LogP contribution in [-0.4, -0.2) is 25.1 Å².